The summed E-state index contributed by atoms with van der Waals surface area (Å²) in [6.45, 7) is 0. The first-order valence-electron chi connectivity index (χ1n) is 9.06. The Bertz CT molecular complexity index is 773. The quantitative estimate of drug-likeness (QED) is 0.159. The third-order valence-corrected chi connectivity index (χ3v) is 4.97. The molecule has 2 aromatic carbocycles. The van der Waals surface area contributed by atoms with Gasteiger partial charge >= 0.3 is 0 Å². The van der Waals surface area contributed by atoms with Crippen molar-refractivity contribution in [3.8, 4) is 0 Å². The molecule has 0 bridgehead atoms. The molecule has 8 N–H and O–H groups in total. The molecule has 0 radical (unpaired) electrons. The molecule has 6 nitrogen and oxygen atoms in total. The molecule has 0 saturated heterocycles. The molecule has 2 aromatic rings. The average molecular weight is 421 g/mol. The fourth-order valence-corrected chi connectivity index (χ4v) is 3.44. The molecule has 0 unspecified atom stereocenters. The number of hydrogen-bond donors (Lipinski definition) is 6. The molecule has 0 aliphatic heterocycles. The molecular weight excluding hydrogens is 395 g/mol. The lowest BCUT2D eigenvalue weighted by atomic mass is 9.92. The van der Waals surface area contributed by atoms with E-state index in [1.165, 1.54) is 5.56 Å². The molecular formula is C20H26Cl2N6. The van der Waals surface area contributed by atoms with Gasteiger partial charge in [0.1, 0.15) is 5.66 Å². The third-order valence-electron chi connectivity index (χ3n) is 4.46. The molecule has 0 amide bonds. The second-order valence-electron chi connectivity index (χ2n) is 6.68. The van der Waals surface area contributed by atoms with Gasteiger partial charge in [-0.1, -0.05) is 53.9 Å². The van der Waals surface area contributed by atoms with E-state index >= 15 is 0 Å². The van der Waals surface area contributed by atoms with Crippen molar-refractivity contribution in [2.24, 2.45) is 11.5 Å². The van der Waals surface area contributed by atoms with E-state index < -0.39 is 5.66 Å². The zero-order chi connectivity index (χ0) is 20.6. The van der Waals surface area contributed by atoms with E-state index in [-0.39, 0.29) is 11.9 Å². The molecule has 0 atom stereocenters. The van der Waals surface area contributed by atoms with Gasteiger partial charge in [-0.15, -0.1) is 0 Å². The molecule has 2 rings (SSSR count). The first-order valence-corrected chi connectivity index (χ1v) is 9.81. The Kier molecular flexibility index (Phi) is 7.96. The number of unbranched alkanes of at least 4 members (excludes halogenated alkanes) is 2. The van der Waals surface area contributed by atoms with E-state index in [2.05, 4.69) is 10.6 Å². The lowest BCUT2D eigenvalue weighted by molar-refractivity contribution is 0.314. The summed E-state index contributed by atoms with van der Waals surface area (Å²) in [5.41, 5.74) is 12.4. The second kappa shape index (κ2) is 10.2. The number of rotatable bonds is 9. The van der Waals surface area contributed by atoms with Crippen LogP contribution in [-0.4, -0.2) is 11.9 Å². The average Bonchev–Trinajstić information content (AvgIpc) is 2.62. The molecule has 0 aromatic heterocycles. The summed E-state index contributed by atoms with van der Waals surface area (Å²) in [7, 11) is 0. The van der Waals surface area contributed by atoms with Gasteiger partial charge in [0, 0.05) is 10.0 Å². The summed E-state index contributed by atoms with van der Waals surface area (Å²) < 4.78 is 0. The Morgan fingerprint density at radius 3 is 1.79 bits per heavy atom. The van der Waals surface area contributed by atoms with Crippen molar-refractivity contribution in [3.05, 3.63) is 69.7 Å². The highest BCUT2D eigenvalue weighted by atomic mass is 35.5. The maximum atomic E-state index is 7.71. The lowest BCUT2D eigenvalue weighted by Crippen LogP contribution is -2.60. The van der Waals surface area contributed by atoms with Crippen LogP contribution in [0.3, 0.4) is 0 Å². The summed E-state index contributed by atoms with van der Waals surface area (Å²) in [6, 6.07) is 15.1. The number of benzene rings is 2. The first-order chi connectivity index (χ1) is 13.3. The predicted octanol–water partition coefficient (Wildman–Crippen LogP) is 3.92. The molecule has 0 aliphatic carbocycles. The number of nitrogens with two attached hydrogens (primary N) is 2. The zero-order valence-corrected chi connectivity index (χ0v) is 17.1. The maximum absolute atomic E-state index is 7.71. The predicted molar refractivity (Wildman–Crippen MR) is 117 cm³/mol. The van der Waals surface area contributed by atoms with Crippen molar-refractivity contribution < 1.29 is 0 Å². The van der Waals surface area contributed by atoms with Gasteiger partial charge in [0.25, 0.3) is 0 Å². The van der Waals surface area contributed by atoms with Crippen LogP contribution in [0.25, 0.3) is 0 Å². The number of hydrogen-bond acceptors (Lipinski definition) is 2. The van der Waals surface area contributed by atoms with E-state index in [4.69, 9.17) is 45.5 Å². The fraction of sp³-hybridized carbons (Fsp3) is 0.300. The zero-order valence-electron chi connectivity index (χ0n) is 15.6. The SMILES string of the molecule is N=C(N)NC(CCCCCc1ccc(Cl)cc1)(NC(=N)N)c1ccc(Cl)cc1. The highest BCUT2D eigenvalue weighted by Crippen LogP contribution is 2.26. The van der Waals surface area contributed by atoms with Crippen LogP contribution < -0.4 is 22.1 Å². The summed E-state index contributed by atoms with van der Waals surface area (Å²) >= 11 is 11.9. The maximum Gasteiger partial charge on any atom is 0.187 e. The van der Waals surface area contributed by atoms with Crippen molar-refractivity contribution in [2.45, 2.75) is 37.8 Å². The van der Waals surface area contributed by atoms with Crippen LogP contribution in [0.2, 0.25) is 10.0 Å². The van der Waals surface area contributed by atoms with Crippen LogP contribution in [0.5, 0.6) is 0 Å². The Labute approximate surface area is 175 Å². The van der Waals surface area contributed by atoms with Gasteiger partial charge in [-0.2, -0.15) is 0 Å². The number of guanidine groups is 2. The van der Waals surface area contributed by atoms with E-state index in [0.29, 0.717) is 11.4 Å². The highest BCUT2D eigenvalue weighted by molar-refractivity contribution is 6.30. The van der Waals surface area contributed by atoms with E-state index in [1.807, 2.05) is 36.4 Å². The van der Waals surface area contributed by atoms with E-state index in [9.17, 15) is 0 Å². The van der Waals surface area contributed by atoms with Gasteiger partial charge in [0.15, 0.2) is 11.9 Å². The smallest absolute Gasteiger partial charge is 0.187 e. The Morgan fingerprint density at radius 2 is 1.29 bits per heavy atom. The fourth-order valence-electron chi connectivity index (χ4n) is 3.19. The standard InChI is InChI=1S/C20H26Cl2N6/c21-16-9-5-14(6-10-16)4-2-1-3-13-20(27-18(23)24,28-19(25)26)15-7-11-17(22)12-8-15/h5-12H,1-4,13H2,(H4,23,24,27)(H4,25,26,28). The van der Waals surface area contributed by atoms with Crippen LogP contribution in [0.1, 0.15) is 36.8 Å². The Balaban J connectivity index is 2.05. The van der Waals surface area contributed by atoms with Gasteiger partial charge in [-0.05, 0) is 61.1 Å². The van der Waals surface area contributed by atoms with Crippen LogP contribution in [-0.2, 0) is 12.1 Å². The van der Waals surface area contributed by atoms with Crippen LogP contribution in [0.4, 0.5) is 0 Å². The summed E-state index contributed by atoms with van der Waals surface area (Å²) in [5.74, 6) is -0.408. The number of nitrogens with one attached hydrogen (secondary N) is 4. The van der Waals surface area contributed by atoms with Crippen molar-refractivity contribution in [1.29, 1.82) is 10.8 Å². The van der Waals surface area contributed by atoms with Crippen LogP contribution in [0, 0.1) is 10.8 Å². The topological polar surface area (TPSA) is 124 Å². The van der Waals surface area contributed by atoms with Gasteiger partial charge in [-0.3, -0.25) is 10.8 Å². The number of halogens is 2. The number of aryl methyl sites for hydroxylation is 1. The molecule has 0 heterocycles. The van der Waals surface area contributed by atoms with Crippen LogP contribution >= 0.6 is 23.2 Å². The normalized spacial score (nSPS) is 12.8. The van der Waals surface area contributed by atoms with E-state index in [0.717, 1.165) is 36.3 Å². The Morgan fingerprint density at radius 1 is 0.786 bits per heavy atom. The summed E-state index contributed by atoms with van der Waals surface area (Å²) in [4.78, 5) is 0. The van der Waals surface area contributed by atoms with Gasteiger partial charge in [0.2, 0.25) is 0 Å². The molecule has 150 valence electrons. The second-order valence-corrected chi connectivity index (χ2v) is 7.55. The molecule has 28 heavy (non-hydrogen) atoms. The molecule has 0 fully saturated rings. The largest absolute Gasteiger partial charge is 0.370 e. The van der Waals surface area contributed by atoms with Crippen molar-refractivity contribution in [3.63, 3.8) is 0 Å². The van der Waals surface area contributed by atoms with Crippen LogP contribution in [0.15, 0.2) is 48.5 Å². The van der Waals surface area contributed by atoms with Crippen molar-refractivity contribution in [1.82, 2.24) is 10.6 Å². The van der Waals surface area contributed by atoms with E-state index in [1.54, 1.807) is 12.1 Å². The minimum Gasteiger partial charge on any atom is -0.370 e. The van der Waals surface area contributed by atoms with Crippen molar-refractivity contribution in [2.75, 3.05) is 0 Å². The lowest BCUT2D eigenvalue weighted by Gasteiger charge is -2.37. The van der Waals surface area contributed by atoms with Gasteiger partial charge in [-0.25, -0.2) is 0 Å². The monoisotopic (exact) mass is 420 g/mol. The van der Waals surface area contributed by atoms with Crippen molar-refractivity contribution >= 4 is 35.1 Å². The summed E-state index contributed by atoms with van der Waals surface area (Å²) in [6.07, 6.45) is 4.38. The van der Waals surface area contributed by atoms with Gasteiger partial charge < -0.3 is 22.1 Å². The molecule has 0 spiro atoms. The minimum absolute atomic E-state index is 0.204. The third kappa shape index (κ3) is 6.62. The first kappa shape index (κ1) is 21.9. The molecule has 8 heteroatoms. The minimum atomic E-state index is -0.942. The van der Waals surface area contributed by atoms with Gasteiger partial charge in [0.05, 0.1) is 0 Å². The molecule has 0 aliphatic rings. The molecule has 0 saturated carbocycles. The highest BCUT2D eigenvalue weighted by Gasteiger charge is 2.32. The Hall–Kier alpha value is -2.44. The summed E-state index contributed by atoms with van der Waals surface area (Å²) in [5, 5.41) is 22.7.